The van der Waals surface area contributed by atoms with Gasteiger partial charge in [0.15, 0.2) is 5.75 Å². The second-order valence-corrected chi connectivity index (χ2v) is 5.39. The van der Waals surface area contributed by atoms with Gasteiger partial charge in [-0.15, -0.1) is 0 Å². The van der Waals surface area contributed by atoms with Crippen LogP contribution in [0.25, 0.3) is 5.57 Å². The molecule has 0 atom stereocenters. The molecule has 2 rings (SSSR count). The molecule has 0 heterocycles. The molecule has 118 valence electrons. The smallest absolute Gasteiger partial charge is 0.279 e. The van der Waals surface area contributed by atoms with Gasteiger partial charge in [0.25, 0.3) is 5.91 Å². The molecule has 0 unspecified atom stereocenters. The number of halogens is 1. The van der Waals surface area contributed by atoms with Gasteiger partial charge < -0.3 is 0 Å². The van der Waals surface area contributed by atoms with Gasteiger partial charge in [0, 0.05) is 16.7 Å². The molecule has 2 aromatic carbocycles. The lowest BCUT2D eigenvalue weighted by atomic mass is 10.0. The summed E-state index contributed by atoms with van der Waals surface area (Å²) in [5, 5.41) is 0.516. The minimum absolute atomic E-state index is 0.288. The molecular weight excluding hydrogens is 314 g/mol. The van der Waals surface area contributed by atoms with Crippen molar-refractivity contribution in [2.45, 2.75) is 13.8 Å². The molecule has 0 aliphatic rings. The van der Waals surface area contributed by atoms with E-state index in [2.05, 4.69) is 11.6 Å². The van der Waals surface area contributed by atoms with Crippen LogP contribution < -0.4 is 4.89 Å². The molecule has 0 aliphatic carbocycles. The number of amides is 1. The fraction of sp³-hybridized carbons (Fsp3) is 0.111. The Kier molecular flexibility index (Phi) is 5.55. The van der Waals surface area contributed by atoms with E-state index in [9.17, 15) is 4.79 Å². The Morgan fingerprint density at radius 1 is 1.17 bits per heavy atom. The van der Waals surface area contributed by atoms with Gasteiger partial charge in [0.1, 0.15) is 0 Å². The standard InChI is InChI=1S/C18H16ClNO3/c1-12-7-8-15(9-13(12)2)14(3)18(21)20-11-22-23-17-6-4-5-16(19)10-17/h4-11H,3H2,1-2H3. The number of carbonyl (C=O) groups is 1. The van der Waals surface area contributed by atoms with Crippen molar-refractivity contribution in [3.8, 4) is 5.75 Å². The Morgan fingerprint density at radius 2 is 1.96 bits per heavy atom. The van der Waals surface area contributed by atoms with Gasteiger partial charge in [-0.25, -0.2) is 0 Å². The summed E-state index contributed by atoms with van der Waals surface area (Å²) in [6.45, 7) is 7.74. The van der Waals surface area contributed by atoms with Crippen LogP contribution in [0.2, 0.25) is 5.02 Å². The summed E-state index contributed by atoms with van der Waals surface area (Å²) in [6, 6.07) is 12.3. The minimum Gasteiger partial charge on any atom is -0.289 e. The fourth-order valence-electron chi connectivity index (χ4n) is 1.80. The maximum Gasteiger partial charge on any atom is 0.279 e. The maximum absolute atomic E-state index is 12.0. The van der Waals surface area contributed by atoms with Crippen LogP contribution in [0.4, 0.5) is 0 Å². The highest BCUT2D eigenvalue weighted by Gasteiger charge is 2.08. The molecule has 0 fully saturated rings. The second kappa shape index (κ2) is 7.61. The van der Waals surface area contributed by atoms with Crippen molar-refractivity contribution in [1.29, 1.82) is 0 Å². The van der Waals surface area contributed by atoms with Crippen LogP contribution in [0.15, 0.2) is 54.0 Å². The molecule has 1 amide bonds. The van der Waals surface area contributed by atoms with Crippen molar-refractivity contribution >= 4 is 29.5 Å². The van der Waals surface area contributed by atoms with Gasteiger partial charge in [-0.05, 0) is 42.7 Å². The van der Waals surface area contributed by atoms with E-state index in [0.717, 1.165) is 23.1 Å². The molecular formula is C18H16ClNO3. The van der Waals surface area contributed by atoms with Crippen LogP contribution in [0.3, 0.4) is 0 Å². The van der Waals surface area contributed by atoms with Gasteiger partial charge in [-0.1, -0.05) is 42.4 Å². The third kappa shape index (κ3) is 4.69. The Morgan fingerprint density at radius 3 is 2.65 bits per heavy atom. The van der Waals surface area contributed by atoms with E-state index in [4.69, 9.17) is 21.4 Å². The average molecular weight is 330 g/mol. The van der Waals surface area contributed by atoms with Crippen LogP contribution in [0, 0.1) is 13.8 Å². The Labute approximate surface area is 140 Å². The first kappa shape index (κ1) is 16.8. The van der Waals surface area contributed by atoms with Crippen LogP contribution in [-0.4, -0.2) is 12.3 Å². The van der Waals surface area contributed by atoms with Crippen molar-refractivity contribution in [3.05, 3.63) is 70.8 Å². The van der Waals surface area contributed by atoms with E-state index in [1.54, 1.807) is 24.3 Å². The van der Waals surface area contributed by atoms with E-state index >= 15 is 0 Å². The lowest BCUT2D eigenvalue weighted by Crippen LogP contribution is -2.01. The summed E-state index contributed by atoms with van der Waals surface area (Å²) >= 11 is 5.81. The van der Waals surface area contributed by atoms with Gasteiger partial charge in [0.05, 0.1) is 0 Å². The molecule has 0 bridgehead atoms. The lowest BCUT2D eigenvalue weighted by Gasteiger charge is -2.05. The monoisotopic (exact) mass is 329 g/mol. The minimum atomic E-state index is -0.497. The molecule has 0 N–H and O–H groups in total. The van der Waals surface area contributed by atoms with Crippen LogP contribution in [0.5, 0.6) is 5.75 Å². The fourth-order valence-corrected chi connectivity index (χ4v) is 1.98. The average Bonchev–Trinajstić information content (AvgIpc) is 2.53. The zero-order chi connectivity index (χ0) is 16.8. The van der Waals surface area contributed by atoms with Crippen LogP contribution >= 0.6 is 11.6 Å². The molecule has 0 aromatic heterocycles. The number of benzene rings is 2. The normalized spacial score (nSPS) is 10.6. The molecule has 0 aliphatic heterocycles. The van der Waals surface area contributed by atoms with Crippen molar-refractivity contribution in [1.82, 2.24) is 0 Å². The van der Waals surface area contributed by atoms with Gasteiger partial charge in [-0.3, -0.25) is 14.6 Å². The lowest BCUT2D eigenvalue weighted by molar-refractivity contribution is -0.117. The Bertz CT molecular complexity index is 769. The predicted octanol–water partition coefficient (Wildman–Crippen LogP) is 4.54. The Balaban J connectivity index is 1.92. The number of hydrogen-bond acceptors (Lipinski definition) is 3. The first-order valence-electron chi connectivity index (χ1n) is 6.89. The number of aryl methyl sites for hydroxylation is 2. The van der Waals surface area contributed by atoms with Crippen molar-refractivity contribution < 1.29 is 14.6 Å². The van der Waals surface area contributed by atoms with Crippen molar-refractivity contribution in [3.63, 3.8) is 0 Å². The molecule has 0 radical (unpaired) electrons. The zero-order valence-corrected chi connectivity index (χ0v) is 13.6. The van der Waals surface area contributed by atoms with Gasteiger partial charge >= 0.3 is 0 Å². The summed E-state index contributed by atoms with van der Waals surface area (Å²) in [6.07, 6.45) is 0.926. The number of hydrogen-bond donors (Lipinski definition) is 0. The molecule has 0 saturated heterocycles. The molecule has 2 aromatic rings. The third-order valence-electron chi connectivity index (χ3n) is 3.27. The summed E-state index contributed by atoms with van der Waals surface area (Å²) < 4.78 is 0. The van der Waals surface area contributed by atoms with Crippen molar-refractivity contribution in [2.75, 3.05) is 0 Å². The quantitative estimate of drug-likeness (QED) is 0.266. The third-order valence-corrected chi connectivity index (χ3v) is 3.50. The predicted molar refractivity (Wildman–Crippen MR) is 91.6 cm³/mol. The van der Waals surface area contributed by atoms with E-state index in [-0.39, 0.29) is 5.57 Å². The molecule has 0 spiro atoms. The first-order valence-corrected chi connectivity index (χ1v) is 7.27. The summed E-state index contributed by atoms with van der Waals surface area (Å²) in [4.78, 5) is 25.3. The highest BCUT2D eigenvalue weighted by Crippen LogP contribution is 2.18. The largest absolute Gasteiger partial charge is 0.289 e. The molecule has 5 heteroatoms. The molecule has 23 heavy (non-hydrogen) atoms. The number of aliphatic imine (C=N–C) groups is 1. The van der Waals surface area contributed by atoms with E-state index < -0.39 is 5.91 Å². The summed E-state index contributed by atoms with van der Waals surface area (Å²) in [5.41, 5.74) is 3.25. The van der Waals surface area contributed by atoms with Gasteiger partial charge in [0.2, 0.25) is 6.40 Å². The van der Waals surface area contributed by atoms with Crippen LogP contribution in [-0.2, 0) is 9.68 Å². The highest BCUT2D eigenvalue weighted by molar-refractivity contribution is 6.30. The number of nitrogens with zero attached hydrogens (tertiary/aromatic N) is 1. The summed E-state index contributed by atoms with van der Waals surface area (Å²) in [7, 11) is 0. The number of carbonyl (C=O) groups excluding carboxylic acids is 1. The first-order chi connectivity index (χ1) is 11.0. The number of rotatable bonds is 5. The molecule has 4 nitrogen and oxygen atoms in total. The Hall–Kier alpha value is -2.59. The van der Waals surface area contributed by atoms with E-state index in [0.29, 0.717) is 10.8 Å². The van der Waals surface area contributed by atoms with Crippen molar-refractivity contribution in [2.24, 2.45) is 4.99 Å². The summed E-state index contributed by atoms with van der Waals surface area (Å²) in [5.74, 6) is -0.0904. The zero-order valence-electron chi connectivity index (χ0n) is 12.9. The van der Waals surface area contributed by atoms with E-state index in [1.807, 2.05) is 32.0 Å². The SMILES string of the molecule is C=C(C(=O)N=COOc1cccc(Cl)c1)c1ccc(C)c(C)c1. The topological polar surface area (TPSA) is 47.9 Å². The van der Waals surface area contributed by atoms with E-state index in [1.165, 1.54) is 0 Å². The maximum atomic E-state index is 12.0. The highest BCUT2D eigenvalue weighted by atomic mass is 35.5. The van der Waals surface area contributed by atoms with Gasteiger partial charge in [-0.2, -0.15) is 4.99 Å². The van der Waals surface area contributed by atoms with Crippen LogP contribution in [0.1, 0.15) is 16.7 Å². The second-order valence-electron chi connectivity index (χ2n) is 4.95. The molecule has 0 saturated carbocycles.